The van der Waals surface area contributed by atoms with Crippen LogP contribution in [0.4, 0.5) is 0 Å². The smallest absolute Gasteiger partial charge is 0.269 e. The van der Waals surface area contributed by atoms with Crippen molar-refractivity contribution >= 4 is 16.8 Å². The molecule has 2 aromatic rings. The average Bonchev–Trinajstić information content (AvgIpc) is 2.53. The molecule has 2 N–H and O–H groups in total. The van der Waals surface area contributed by atoms with Crippen molar-refractivity contribution in [2.24, 2.45) is 5.92 Å². The first-order valence-electron chi connectivity index (χ1n) is 7.17. The van der Waals surface area contributed by atoms with E-state index in [4.69, 9.17) is 0 Å². The highest BCUT2D eigenvalue weighted by Gasteiger charge is 2.15. The quantitative estimate of drug-likeness (QED) is 0.895. The Hall–Kier alpha value is -1.94. The maximum Gasteiger partial charge on any atom is 0.269 e. The summed E-state index contributed by atoms with van der Waals surface area (Å²) in [6.45, 7) is 2.81. The number of amides is 1. The zero-order valence-corrected chi connectivity index (χ0v) is 11.4. The summed E-state index contributed by atoms with van der Waals surface area (Å²) in [5.74, 6) is 0.453. The van der Waals surface area contributed by atoms with Gasteiger partial charge < -0.3 is 10.6 Å². The highest BCUT2D eigenvalue weighted by atomic mass is 16.1. The lowest BCUT2D eigenvalue weighted by atomic mass is 10.00. The van der Waals surface area contributed by atoms with E-state index in [0.29, 0.717) is 11.6 Å². The number of carbonyl (C=O) groups excluding carboxylic acids is 1. The maximum atomic E-state index is 12.1. The van der Waals surface area contributed by atoms with Crippen molar-refractivity contribution < 1.29 is 4.79 Å². The van der Waals surface area contributed by atoms with Gasteiger partial charge in [-0.05, 0) is 44.0 Å². The topological polar surface area (TPSA) is 54.0 Å². The Morgan fingerprint density at radius 1 is 1.30 bits per heavy atom. The summed E-state index contributed by atoms with van der Waals surface area (Å²) >= 11 is 0. The van der Waals surface area contributed by atoms with Gasteiger partial charge in [-0.2, -0.15) is 0 Å². The molecule has 4 heteroatoms. The van der Waals surface area contributed by atoms with Gasteiger partial charge in [-0.3, -0.25) is 4.79 Å². The summed E-state index contributed by atoms with van der Waals surface area (Å²) in [7, 11) is 0. The zero-order valence-electron chi connectivity index (χ0n) is 11.4. The van der Waals surface area contributed by atoms with E-state index in [2.05, 4.69) is 15.6 Å². The molecule has 0 spiro atoms. The van der Waals surface area contributed by atoms with Crippen LogP contribution in [0, 0.1) is 5.92 Å². The van der Waals surface area contributed by atoms with Crippen LogP contribution in [0.5, 0.6) is 0 Å². The standard InChI is InChI=1S/C16H19N3O/c20-16(18-11-12-4-3-9-17-10-12)15-8-7-13-5-1-2-6-14(13)19-15/h1-2,5-8,12,17H,3-4,9-11H2,(H,18,20). The largest absolute Gasteiger partial charge is 0.350 e. The summed E-state index contributed by atoms with van der Waals surface area (Å²) in [6, 6.07) is 11.6. The first-order chi connectivity index (χ1) is 9.83. The second-order valence-electron chi connectivity index (χ2n) is 5.31. The number of rotatable bonds is 3. The molecule has 0 radical (unpaired) electrons. The van der Waals surface area contributed by atoms with E-state index >= 15 is 0 Å². The van der Waals surface area contributed by atoms with Crippen molar-refractivity contribution in [1.82, 2.24) is 15.6 Å². The lowest BCUT2D eigenvalue weighted by Crippen LogP contribution is -2.38. The number of fused-ring (bicyclic) bond motifs is 1. The molecule has 1 aliphatic rings. The van der Waals surface area contributed by atoms with Gasteiger partial charge in [0.2, 0.25) is 0 Å². The van der Waals surface area contributed by atoms with Crippen LogP contribution in [-0.4, -0.2) is 30.5 Å². The number of piperidine rings is 1. The second kappa shape index (κ2) is 6.01. The second-order valence-corrected chi connectivity index (χ2v) is 5.31. The van der Waals surface area contributed by atoms with Crippen molar-refractivity contribution in [3.05, 3.63) is 42.1 Å². The van der Waals surface area contributed by atoms with Crippen molar-refractivity contribution in [1.29, 1.82) is 0 Å². The fourth-order valence-corrected chi connectivity index (χ4v) is 2.62. The molecule has 4 nitrogen and oxygen atoms in total. The number of aromatic nitrogens is 1. The number of nitrogens with one attached hydrogen (secondary N) is 2. The van der Waals surface area contributed by atoms with Crippen LogP contribution in [0.25, 0.3) is 10.9 Å². The Balaban J connectivity index is 1.65. The number of hydrogen-bond acceptors (Lipinski definition) is 3. The lowest BCUT2D eigenvalue weighted by molar-refractivity contribution is 0.0940. The van der Waals surface area contributed by atoms with E-state index < -0.39 is 0 Å². The van der Waals surface area contributed by atoms with Gasteiger partial charge in [0.15, 0.2) is 0 Å². The SMILES string of the molecule is O=C(NCC1CCCNC1)c1ccc2ccccc2n1. The van der Waals surface area contributed by atoms with Crippen LogP contribution >= 0.6 is 0 Å². The monoisotopic (exact) mass is 269 g/mol. The van der Waals surface area contributed by atoms with E-state index in [1.807, 2.05) is 30.3 Å². The van der Waals surface area contributed by atoms with Crippen LogP contribution in [0.15, 0.2) is 36.4 Å². The summed E-state index contributed by atoms with van der Waals surface area (Å²) < 4.78 is 0. The van der Waals surface area contributed by atoms with E-state index in [-0.39, 0.29) is 5.91 Å². The Bertz CT molecular complexity index is 605. The van der Waals surface area contributed by atoms with Gasteiger partial charge in [0.05, 0.1) is 5.52 Å². The van der Waals surface area contributed by atoms with E-state index in [1.165, 1.54) is 12.8 Å². The average molecular weight is 269 g/mol. The van der Waals surface area contributed by atoms with Gasteiger partial charge in [-0.25, -0.2) is 4.98 Å². The molecule has 1 unspecified atom stereocenters. The molecule has 104 valence electrons. The fourth-order valence-electron chi connectivity index (χ4n) is 2.62. The maximum absolute atomic E-state index is 12.1. The molecule has 1 amide bonds. The van der Waals surface area contributed by atoms with E-state index in [0.717, 1.165) is 30.5 Å². The molecule has 1 fully saturated rings. The van der Waals surface area contributed by atoms with Gasteiger partial charge >= 0.3 is 0 Å². The molecule has 1 aromatic heterocycles. The van der Waals surface area contributed by atoms with E-state index in [1.54, 1.807) is 6.07 Å². The molecule has 1 saturated heterocycles. The molecule has 0 saturated carbocycles. The predicted octanol–water partition coefficient (Wildman–Crippen LogP) is 1.96. The number of carbonyl (C=O) groups is 1. The van der Waals surface area contributed by atoms with Crippen LogP contribution in [0.3, 0.4) is 0 Å². The Morgan fingerprint density at radius 2 is 2.20 bits per heavy atom. The first kappa shape index (κ1) is 13.1. The molecule has 2 heterocycles. The number of pyridine rings is 1. The minimum Gasteiger partial charge on any atom is -0.350 e. The highest BCUT2D eigenvalue weighted by molar-refractivity contribution is 5.94. The van der Waals surface area contributed by atoms with Crippen LogP contribution in [0.1, 0.15) is 23.3 Å². The minimum absolute atomic E-state index is 0.0821. The van der Waals surface area contributed by atoms with Crippen LogP contribution < -0.4 is 10.6 Å². The normalized spacial score (nSPS) is 18.9. The third-order valence-electron chi connectivity index (χ3n) is 3.78. The van der Waals surface area contributed by atoms with Gasteiger partial charge in [-0.1, -0.05) is 24.3 Å². The Kier molecular flexibility index (Phi) is 3.92. The number of para-hydroxylation sites is 1. The summed E-state index contributed by atoms with van der Waals surface area (Å²) in [5.41, 5.74) is 1.35. The van der Waals surface area contributed by atoms with Crippen molar-refractivity contribution in [2.75, 3.05) is 19.6 Å². The minimum atomic E-state index is -0.0821. The summed E-state index contributed by atoms with van der Waals surface area (Å²) in [4.78, 5) is 16.5. The summed E-state index contributed by atoms with van der Waals surface area (Å²) in [5, 5.41) is 7.40. The molecule has 0 bridgehead atoms. The Labute approximate surface area is 118 Å². The van der Waals surface area contributed by atoms with Gasteiger partial charge in [-0.15, -0.1) is 0 Å². The van der Waals surface area contributed by atoms with Crippen molar-refractivity contribution in [3.8, 4) is 0 Å². The molecule has 0 aliphatic carbocycles. The van der Waals surface area contributed by atoms with Crippen molar-refractivity contribution in [2.45, 2.75) is 12.8 Å². The fraction of sp³-hybridized carbons (Fsp3) is 0.375. The van der Waals surface area contributed by atoms with Crippen LogP contribution in [0.2, 0.25) is 0 Å². The third kappa shape index (κ3) is 2.96. The predicted molar refractivity (Wildman–Crippen MR) is 79.7 cm³/mol. The van der Waals surface area contributed by atoms with Gasteiger partial charge in [0.1, 0.15) is 5.69 Å². The van der Waals surface area contributed by atoms with Gasteiger partial charge in [0.25, 0.3) is 5.91 Å². The molecule has 20 heavy (non-hydrogen) atoms. The molecular weight excluding hydrogens is 250 g/mol. The molecule has 3 rings (SSSR count). The number of benzene rings is 1. The van der Waals surface area contributed by atoms with Crippen LogP contribution in [-0.2, 0) is 0 Å². The lowest BCUT2D eigenvalue weighted by Gasteiger charge is -2.22. The molecule has 1 atom stereocenters. The molecule has 1 aromatic carbocycles. The third-order valence-corrected chi connectivity index (χ3v) is 3.78. The number of nitrogens with zero attached hydrogens (tertiary/aromatic N) is 1. The molecule has 1 aliphatic heterocycles. The van der Waals surface area contributed by atoms with E-state index in [9.17, 15) is 4.79 Å². The Morgan fingerprint density at radius 3 is 3.05 bits per heavy atom. The van der Waals surface area contributed by atoms with Crippen molar-refractivity contribution in [3.63, 3.8) is 0 Å². The van der Waals surface area contributed by atoms with Gasteiger partial charge in [0, 0.05) is 11.9 Å². The molecular formula is C16H19N3O. The first-order valence-corrected chi connectivity index (χ1v) is 7.17. The zero-order chi connectivity index (χ0) is 13.8. The summed E-state index contributed by atoms with van der Waals surface area (Å²) in [6.07, 6.45) is 2.37. The highest BCUT2D eigenvalue weighted by Crippen LogP contribution is 2.12. The number of hydrogen-bond donors (Lipinski definition) is 2.